The van der Waals surface area contributed by atoms with Crippen molar-refractivity contribution in [2.24, 2.45) is 0 Å². The first-order valence-electron chi connectivity index (χ1n) is 10.1. The van der Waals surface area contributed by atoms with Crippen LogP contribution in [0.5, 0.6) is 5.75 Å². The number of methoxy groups -OCH3 is 1. The Morgan fingerprint density at radius 1 is 1.07 bits per heavy atom. The van der Waals surface area contributed by atoms with E-state index in [1.54, 1.807) is 24.7 Å². The Balaban J connectivity index is 1.33. The molecule has 0 bridgehead atoms. The average Bonchev–Trinajstić information content (AvgIpc) is 3.48. The minimum Gasteiger partial charge on any atom is -0.497 e. The number of amides is 1. The first-order valence-corrected chi connectivity index (χ1v) is 11.0. The van der Waals surface area contributed by atoms with Crippen LogP contribution in [0.1, 0.15) is 10.6 Å². The minimum atomic E-state index is 0.174. The van der Waals surface area contributed by atoms with Gasteiger partial charge in [-0.2, -0.15) is 0 Å². The third-order valence-electron chi connectivity index (χ3n) is 5.35. The van der Waals surface area contributed by atoms with Crippen LogP contribution in [0.3, 0.4) is 0 Å². The second kappa shape index (κ2) is 9.82. The summed E-state index contributed by atoms with van der Waals surface area (Å²) in [6, 6.07) is 16.1. The molecule has 0 aliphatic carbocycles. The van der Waals surface area contributed by atoms with E-state index < -0.39 is 0 Å². The number of anilines is 1. The molecule has 7 heteroatoms. The molecule has 6 nitrogen and oxygen atoms in total. The Labute approximate surface area is 181 Å². The third-order valence-corrected chi connectivity index (χ3v) is 6.21. The predicted octanol–water partition coefficient (Wildman–Crippen LogP) is 3.70. The van der Waals surface area contributed by atoms with Gasteiger partial charge in [0.1, 0.15) is 11.5 Å². The number of carbonyl (C=O) groups excluding carboxylic acids is 1. The van der Waals surface area contributed by atoms with Crippen molar-refractivity contribution in [3.63, 3.8) is 0 Å². The zero-order valence-corrected chi connectivity index (χ0v) is 18.0. The maximum Gasteiger partial charge on any atom is 0.236 e. The molecule has 3 aromatic rings. The van der Waals surface area contributed by atoms with Gasteiger partial charge in [-0.15, -0.1) is 11.3 Å². The van der Waals surface area contributed by atoms with Crippen molar-refractivity contribution in [3.05, 3.63) is 70.8 Å². The second-order valence-corrected chi connectivity index (χ2v) is 8.40. The Kier molecular flexibility index (Phi) is 6.71. The number of thiophene rings is 1. The average molecular weight is 426 g/mol. The van der Waals surface area contributed by atoms with Crippen LogP contribution in [-0.4, -0.2) is 55.5 Å². The lowest BCUT2D eigenvalue weighted by Gasteiger charge is -2.37. The van der Waals surface area contributed by atoms with E-state index in [0.717, 1.165) is 44.2 Å². The fourth-order valence-electron chi connectivity index (χ4n) is 3.71. The lowest BCUT2D eigenvalue weighted by Crippen LogP contribution is -2.51. The van der Waals surface area contributed by atoms with Gasteiger partial charge in [-0.3, -0.25) is 9.69 Å². The lowest BCUT2D eigenvalue weighted by atomic mass is 10.2. The zero-order chi connectivity index (χ0) is 20.8. The second-order valence-electron chi connectivity index (χ2n) is 7.37. The van der Waals surface area contributed by atoms with Gasteiger partial charge in [0.25, 0.3) is 0 Å². The van der Waals surface area contributed by atoms with E-state index in [-0.39, 0.29) is 5.91 Å². The molecular formula is C23H27N3O3S. The summed E-state index contributed by atoms with van der Waals surface area (Å²) < 4.78 is 10.7. The molecule has 1 saturated heterocycles. The van der Waals surface area contributed by atoms with Gasteiger partial charge in [0.2, 0.25) is 5.91 Å². The molecule has 1 fully saturated rings. The molecule has 0 saturated carbocycles. The number of hydrogen-bond donors (Lipinski definition) is 0. The van der Waals surface area contributed by atoms with Crippen molar-refractivity contribution in [3.8, 4) is 5.75 Å². The summed E-state index contributed by atoms with van der Waals surface area (Å²) >= 11 is 1.71. The van der Waals surface area contributed by atoms with Gasteiger partial charge < -0.3 is 19.0 Å². The molecule has 2 aromatic heterocycles. The van der Waals surface area contributed by atoms with Crippen LogP contribution in [-0.2, 0) is 17.9 Å². The van der Waals surface area contributed by atoms with Gasteiger partial charge in [0.05, 0.1) is 26.5 Å². The molecule has 0 atom stereocenters. The van der Waals surface area contributed by atoms with Crippen LogP contribution in [0.25, 0.3) is 0 Å². The SMILES string of the molecule is COc1ccc(N2CCN(C(=O)CN(Cc3ccco3)Cc3cccs3)CC2)cc1. The van der Waals surface area contributed by atoms with Gasteiger partial charge >= 0.3 is 0 Å². The summed E-state index contributed by atoms with van der Waals surface area (Å²) in [5.74, 6) is 1.91. The van der Waals surface area contributed by atoms with Crippen LogP contribution in [0.4, 0.5) is 5.69 Å². The standard InChI is InChI=1S/C23H27N3O3S/c1-28-20-8-6-19(7-9-20)25-10-12-26(13-11-25)23(27)18-24(16-21-4-2-14-29-21)17-22-5-3-15-30-22/h2-9,14-15H,10-13,16-18H2,1H3. The highest BCUT2D eigenvalue weighted by Crippen LogP contribution is 2.21. The Morgan fingerprint density at radius 2 is 1.87 bits per heavy atom. The van der Waals surface area contributed by atoms with Crippen molar-refractivity contribution >= 4 is 22.9 Å². The summed E-state index contributed by atoms with van der Waals surface area (Å²) in [5.41, 5.74) is 1.17. The monoisotopic (exact) mass is 425 g/mol. The Hall–Kier alpha value is -2.77. The van der Waals surface area contributed by atoms with E-state index in [4.69, 9.17) is 9.15 Å². The summed E-state index contributed by atoms with van der Waals surface area (Å²) in [7, 11) is 1.67. The quantitative estimate of drug-likeness (QED) is 0.551. The predicted molar refractivity (Wildman–Crippen MR) is 119 cm³/mol. The topological polar surface area (TPSA) is 49.2 Å². The number of furan rings is 1. The maximum atomic E-state index is 13.0. The van der Waals surface area contributed by atoms with Gasteiger partial charge in [0, 0.05) is 43.3 Å². The van der Waals surface area contributed by atoms with E-state index >= 15 is 0 Å². The molecule has 0 radical (unpaired) electrons. The summed E-state index contributed by atoms with van der Waals surface area (Å²) in [6.45, 7) is 4.90. The highest BCUT2D eigenvalue weighted by molar-refractivity contribution is 7.09. The van der Waals surface area contributed by atoms with E-state index in [0.29, 0.717) is 13.1 Å². The largest absolute Gasteiger partial charge is 0.497 e. The smallest absolute Gasteiger partial charge is 0.236 e. The maximum absolute atomic E-state index is 13.0. The Bertz CT molecular complexity index is 866. The molecule has 1 aliphatic heterocycles. The lowest BCUT2D eigenvalue weighted by molar-refractivity contribution is -0.133. The summed E-state index contributed by atoms with van der Waals surface area (Å²) in [6.07, 6.45) is 1.68. The molecule has 4 rings (SSSR count). The minimum absolute atomic E-state index is 0.174. The summed E-state index contributed by atoms with van der Waals surface area (Å²) in [5, 5.41) is 2.07. The van der Waals surface area contributed by atoms with Crippen molar-refractivity contribution in [2.45, 2.75) is 13.1 Å². The first-order chi connectivity index (χ1) is 14.7. The molecule has 0 N–H and O–H groups in total. The van der Waals surface area contributed by atoms with Gasteiger partial charge in [-0.25, -0.2) is 0 Å². The van der Waals surface area contributed by atoms with E-state index in [9.17, 15) is 4.79 Å². The molecule has 1 amide bonds. The fourth-order valence-corrected chi connectivity index (χ4v) is 4.46. The number of piperazine rings is 1. The highest BCUT2D eigenvalue weighted by Gasteiger charge is 2.23. The van der Waals surface area contributed by atoms with E-state index in [2.05, 4.69) is 33.4 Å². The number of benzene rings is 1. The number of rotatable bonds is 8. The van der Waals surface area contributed by atoms with Crippen molar-refractivity contribution < 1.29 is 13.9 Å². The molecule has 30 heavy (non-hydrogen) atoms. The third kappa shape index (κ3) is 5.23. The van der Waals surface area contributed by atoms with Crippen LogP contribution < -0.4 is 9.64 Å². The molecule has 0 spiro atoms. The number of carbonyl (C=O) groups is 1. The normalized spacial score (nSPS) is 14.3. The summed E-state index contributed by atoms with van der Waals surface area (Å²) in [4.78, 5) is 20.7. The Morgan fingerprint density at radius 3 is 2.50 bits per heavy atom. The fraction of sp³-hybridized carbons (Fsp3) is 0.348. The van der Waals surface area contributed by atoms with Crippen LogP contribution in [0, 0.1) is 0 Å². The van der Waals surface area contributed by atoms with Crippen LogP contribution >= 0.6 is 11.3 Å². The van der Waals surface area contributed by atoms with Gasteiger partial charge in [0.15, 0.2) is 0 Å². The van der Waals surface area contributed by atoms with E-state index in [1.807, 2.05) is 35.2 Å². The van der Waals surface area contributed by atoms with Crippen molar-refractivity contribution in [1.29, 1.82) is 0 Å². The van der Waals surface area contributed by atoms with Crippen molar-refractivity contribution in [2.75, 3.05) is 44.7 Å². The molecule has 3 heterocycles. The molecule has 158 valence electrons. The zero-order valence-electron chi connectivity index (χ0n) is 17.2. The first kappa shape index (κ1) is 20.5. The number of ether oxygens (including phenoxy) is 1. The number of nitrogens with zero attached hydrogens (tertiary/aromatic N) is 3. The molecule has 1 aromatic carbocycles. The van der Waals surface area contributed by atoms with Crippen molar-refractivity contribution in [1.82, 2.24) is 9.80 Å². The number of hydrogen-bond acceptors (Lipinski definition) is 6. The van der Waals surface area contributed by atoms with E-state index in [1.165, 1.54) is 10.6 Å². The van der Waals surface area contributed by atoms with Crippen LogP contribution in [0.15, 0.2) is 64.6 Å². The van der Waals surface area contributed by atoms with Gasteiger partial charge in [-0.05, 0) is 47.8 Å². The molecule has 0 unspecified atom stereocenters. The highest BCUT2D eigenvalue weighted by atomic mass is 32.1. The van der Waals surface area contributed by atoms with Crippen LogP contribution in [0.2, 0.25) is 0 Å². The molecule has 1 aliphatic rings. The molecular weight excluding hydrogens is 398 g/mol. The van der Waals surface area contributed by atoms with Gasteiger partial charge in [-0.1, -0.05) is 6.07 Å².